The quantitative estimate of drug-likeness (QED) is 0.433. The monoisotopic (exact) mass is 492 g/mol. The number of nitrogens with zero attached hydrogens (tertiary/aromatic N) is 4. The summed E-state index contributed by atoms with van der Waals surface area (Å²) in [6.07, 6.45) is 0. The fourth-order valence-corrected chi connectivity index (χ4v) is 5.32. The van der Waals surface area contributed by atoms with E-state index in [1.165, 1.54) is 10.0 Å². The van der Waals surface area contributed by atoms with Crippen LogP contribution in [0.25, 0.3) is 0 Å². The highest BCUT2D eigenvalue weighted by molar-refractivity contribution is 6.19. The smallest absolute Gasteiger partial charge is 0.256 e. The van der Waals surface area contributed by atoms with Gasteiger partial charge in [0.15, 0.2) is 0 Å². The van der Waals surface area contributed by atoms with Crippen molar-refractivity contribution in [3.63, 3.8) is 0 Å². The fraction of sp³-hybridized carbons (Fsp3) is 0.290. The molecule has 0 radical (unpaired) electrons. The Morgan fingerprint density at radius 1 is 0.595 bits per heavy atom. The molecule has 6 nitrogen and oxygen atoms in total. The van der Waals surface area contributed by atoms with Crippen LogP contribution in [0, 0.1) is 39.5 Å². The molecule has 37 heavy (non-hydrogen) atoms. The molecule has 3 atom stereocenters. The first-order valence-corrected chi connectivity index (χ1v) is 12.6. The molecule has 0 saturated carbocycles. The molecule has 6 heteroatoms. The van der Waals surface area contributed by atoms with E-state index in [-0.39, 0.29) is 11.8 Å². The van der Waals surface area contributed by atoms with Crippen LogP contribution in [-0.4, -0.2) is 23.2 Å². The molecule has 1 unspecified atom stereocenters. The molecular weight excluding hydrogens is 460 g/mol. The number of rotatable bonds is 5. The summed E-state index contributed by atoms with van der Waals surface area (Å²) in [6, 6.07) is 21.6. The van der Waals surface area contributed by atoms with Gasteiger partial charge in [-0.3, -0.25) is 9.59 Å². The van der Waals surface area contributed by atoms with E-state index in [1.54, 1.807) is 0 Å². The molecular formula is C31H32N4O2. The van der Waals surface area contributed by atoms with E-state index in [4.69, 9.17) is 10.2 Å². The highest BCUT2D eigenvalue weighted by atomic mass is 16.2. The molecule has 0 N–H and O–H groups in total. The molecule has 2 heterocycles. The number of hydrogen-bond donors (Lipinski definition) is 0. The number of carbonyl (C=O) groups is 2. The third-order valence-corrected chi connectivity index (χ3v) is 7.74. The minimum absolute atomic E-state index is 0.125. The number of hydrazone groups is 2. The van der Waals surface area contributed by atoms with Crippen LogP contribution in [-0.2, 0) is 9.59 Å². The maximum absolute atomic E-state index is 14.0. The molecule has 0 aliphatic carbocycles. The van der Waals surface area contributed by atoms with Crippen LogP contribution >= 0.6 is 0 Å². The van der Waals surface area contributed by atoms with Crippen molar-refractivity contribution in [1.82, 2.24) is 0 Å². The number of aryl methyl sites for hydroxylation is 4. The van der Waals surface area contributed by atoms with Gasteiger partial charge >= 0.3 is 0 Å². The average Bonchev–Trinajstić information content (AvgIpc) is 3.34. The topological polar surface area (TPSA) is 65.3 Å². The van der Waals surface area contributed by atoms with Gasteiger partial charge < -0.3 is 0 Å². The normalized spacial score (nSPS) is 20.4. The summed E-state index contributed by atoms with van der Waals surface area (Å²) < 4.78 is 0. The Balaban J connectivity index is 1.55. The van der Waals surface area contributed by atoms with E-state index in [2.05, 4.69) is 0 Å². The zero-order valence-electron chi connectivity index (χ0n) is 22.2. The van der Waals surface area contributed by atoms with Crippen molar-refractivity contribution in [2.75, 3.05) is 10.0 Å². The molecule has 2 aliphatic rings. The van der Waals surface area contributed by atoms with Gasteiger partial charge in [-0.2, -0.15) is 10.2 Å². The van der Waals surface area contributed by atoms with Crippen molar-refractivity contribution in [2.45, 2.75) is 47.5 Å². The van der Waals surface area contributed by atoms with Gasteiger partial charge in [0.05, 0.1) is 23.2 Å². The Morgan fingerprint density at radius 3 is 1.43 bits per heavy atom. The molecule has 0 spiro atoms. The summed E-state index contributed by atoms with van der Waals surface area (Å²) in [4.78, 5) is 28.0. The van der Waals surface area contributed by atoms with Crippen molar-refractivity contribution in [3.05, 3.63) is 94.5 Å². The van der Waals surface area contributed by atoms with Gasteiger partial charge in [-0.1, -0.05) is 42.5 Å². The lowest BCUT2D eigenvalue weighted by molar-refractivity contribution is -0.122. The minimum atomic E-state index is -0.581. The minimum Gasteiger partial charge on any atom is -0.272 e. The Labute approximate surface area is 218 Å². The fourth-order valence-electron chi connectivity index (χ4n) is 5.32. The lowest BCUT2D eigenvalue weighted by Gasteiger charge is -2.28. The Morgan fingerprint density at radius 2 is 1.03 bits per heavy atom. The van der Waals surface area contributed by atoms with Gasteiger partial charge in [0.2, 0.25) is 0 Å². The highest BCUT2D eigenvalue weighted by Crippen LogP contribution is 2.42. The number of amides is 2. The van der Waals surface area contributed by atoms with Crippen molar-refractivity contribution in [3.8, 4) is 0 Å². The number of carbonyl (C=O) groups excluding carboxylic acids is 2. The van der Waals surface area contributed by atoms with Crippen molar-refractivity contribution >= 4 is 34.6 Å². The second-order valence-electron chi connectivity index (χ2n) is 10.2. The van der Waals surface area contributed by atoms with Crippen LogP contribution in [0.3, 0.4) is 0 Å². The second-order valence-corrected chi connectivity index (χ2v) is 10.2. The first-order valence-electron chi connectivity index (χ1n) is 12.6. The van der Waals surface area contributed by atoms with Gasteiger partial charge in [-0.25, -0.2) is 10.0 Å². The number of benzene rings is 3. The Bertz CT molecular complexity index is 1370. The molecule has 188 valence electrons. The first-order chi connectivity index (χ1) is 17.7. The zero-order chi connectivity index (χ0) is 26.4. The molecule has 0 fully saturated rings. The van der Waals surface area contributed by atoms with E-state index < -0.39 is 17.8 Å². The third-order valence-electron chi connectivity index (χ3n) is 7.74. The molecule has 0 aromatic heterocycles. The van der Waals surface area contributed by atoms with E-state index in [1.807, 2.05) is 108 Å². The number of anilines is 2. The zero-order valence-corrected chi connectivity index (χ0v) is 22.2. The number of hydrogen-bond acceptors (Lipinski definition) is 4. The molecule has 2 amide bonds. The van der Waals surface area contributed by atoms with Crippen LogP contribution in [0.1, 0.15) is 47.6 Å². The van der Waals surface area contributed by atoms with Crippen molar-refractivity contribution < 1.29 is 9.59 Å². The van der Waals surface area contributed by atoms with Gasteiger partial charge in [0.1, 0.15) is 0 Å². The molecule has 0 bridgehead atoms. The van der Waals surface area contributed by atoms with Crippen LogP contribution in [0.15, 0.2) is 76.9 Å². The Kier molecular flexibility index (Phi) is 6.28. The SMILES string of the molecule is CC1=NN(c2ccc(C)c(C)c2)C(=O)[C@H]1C(c1ccccc1)[C@H]1C(=O)N(c2ccc(C)c(C)c2)N=C1C. The summed E-state index contributed by atoms with van der Waals surface area (Å²) in [5.41, 5.74) is 8.30. The van der Waals surface area contributed by atoms with E-state index in [9.17, 15) is 9.59 Å². The van der Waals surface area contributed by atoms with E-state index in [0.717, 1.165) is 39.2 Å². The van der Waals surface area contributed by atoms with Crippen LogP contribution in [0.5, 0.6) is 0 Å². The van der Waals surface area contributed by atoms with Crippen LogP contribution < -0.4 is 10.0 Å². The second kappa shape index (κ2) is 9.43. The van der Waals surface area contributed by atoms with Crippen molar-refractivity contribution in [2.24, 2.45) is 22.0 Å². The first kappa shape index (κ1) is 24.6. The average molecular weight is 493 g/mol. The predicted octanol–water partition coefficient (Wildman–Crippen LogP) is 6.08. The highest BCUT2D eigenvalue weighted by Gasteiger charge is 2.50. The lowest BCUT2D eigenvalue weighted by atomic mass is 9.73. The molecule has 3 aromatic carbocycles. The molecule has 3 aromatic rings. The van der Waals surface area contributed by atoms with Gasteiger partial charge in [0, 0.05) is 17.3 Å². The molecule has 5 rings (SSSR count). The summed E-state index contributed by atoms with van der Waals surface area (Å²) in [6.45, 7) is 11.9. The largest absolute Gasteiger partial charge is 0.272 e. The van der Waals surface area contributed by atoms with Crippen molar-refractivity contribution in [1.29, 1.82) is 0 Å². The van der Waals surface area contributed by atoms with Gasteiger partial charge in [-0.15, -0.1) is 0 Å². The van der Waals surface area contributed by atoms with Gasteiger partial charge in [-0.05, 0) is 93.6 Å². The van der Waals surface area contributed by atoms with Gasteiger partial charge in [0.25, 0.3) is 11.8 Å². The standard InChI is InChI=1S/C31H32N4O2/c1-18-12-14-25(16-20(18)3)34-30(36)27(22(5)32-34)29(24-10-8-7-9-11-24)28-23(6)33-35(31(28)37)26-15-13-19(2)21(4)17-26/h7-17,27-29H,1-6H3/t27-,28+,29?. The summed E-state index contributed by atoms with van der Waals surface area (Å²) in [5.74, 6) is -1.84. The summed E-state index contributed by atoms with van der Waals surface area (Å²) in [5, 5.41) is 12.4. The Hall–Kier alpha value is -4.06. The summed E-state index contributed by atoms with van der Waals surface area (Å²) >= 11 is 0. The van der Waals surface area contributed by atoms with E-state index >= 15 is 0 Å². The lowest BCUT2D eigenvalue weighted by Crippen LogP contribution is -2.40. The molecule has 0 saturated heterocycles. The molecule has 2 aliphatic heterocycles. The summed E-state index contributed by atoms with van der Waals surface area (Å²) in [7, 11) is 0. The maximum atomic E-state index is 14.0. The third kappa shape index (κ3) is 4.26. The van der Waals surface area contributed by atoms with Crippen LogP contribution in [0.4, 0.5) is 11.4 Å². The van der Waals surface area contributed by atoms with E-state index in [0.29, 0.717) is 11.4 Å². The maximum Gasteiger partial charge on any atom is 0.256 e. The predicted molar refractivity (Wildman–Crippen MR) is 149 cm³/mol. The van der Waals surface area contributed by atoms with Crippen LogP contribution in [0.2, 0.25) is 0 Å².